The van der Waals surface area contributed by atoms with Gasteiger partial charge in [-0.25, -0.2) is 4.79 Å². The maximum absolute atomic E-state index is 11.9. The van der Waals surface area contributed by atoms with Gasteiger partial charge in [-0.05, 0) is 24.1 Å². The summed E-state index contributed by atoms with van der Waals surface area (Å²) in [6.07, 6.45) is 0.237. The van der Waals surface area contributed by atoms with Crippen LogP contribution in [0, 0.1) is 5.92 Å². The van der Waals surface area contributed by atoms with Gasteiger partial charge in [0.15, 0.2) is 11.5 Å². The first kappa shape index (κ1) is 17.6. The molecule has 1 aromatic carbocycles. The fourth-order valence-corrected chi connectivity index (χ4v) is 2.01. The van der Waals surface area contributed by atoms with Gasteiger partial charge in [0.2, 0.25) is 0 Å². The molecule has 0 radical (unpaired) electrons. The molecule has 0 fully saturated rings. The Morgan fingerprint density at radius 1 is 1.05 bits per heavy atom. The lowest BCUT2D eigenvalue weighted by molar-refractivity contribution is -0.147. The highest BCUT2D eigenvalue weighted by Crippen LogP contribution is 2.29. The number of carbonyl (C=O) groups is 2. The van der Waals surface area contributed by atoms with Gasteiger partial charge < -0.3 is 18.9 Å². The van der Waals surface area contributed by atoms with Gasteiger partial charge in [0, 0.05) is 5.57 Å². The third kappa shape index (κ3) is 4.00. The van der Waals surface area contributed by atoms with E-state index < -0.39 is 17.9 Å². The Kier molecular flexibility index (Phi) is 6.44. The lowest BCUT2D eigenvalue weighted by Gasteiger charge is -2.17. The van der Waals surface area contributed by atoms with Crippen LogP contribution in [0.15, 0.2) is 30.4 Å². The smallest absolute Gasteiger partial charge is 0.334 e. The molecule has 22 heavy (non-hydrogen) atoms. The van der Waals surface area contributed by atoms with Crippen molar-refractivity contribution in [3.05, 3.63) is 35.9 Å². The summed E-state index contributed by atoms with van der Waals surface area (Å²) >= 11 is 0. The minimum Gasteiger partial charge on any atom is -0.493 e. The molecule has 6 nitrogen and oxygen atoms in total. The Morgan fingerprint density at radius 2 is 1.68 bits per heavy atom. The fraction of sp³-hybridized carbons (Fsp3) is 0.375. The van der Waals surface area contributed by atoms with E-state index in [1.165, 1.54) is 28.4 Å². The summed E-state index contributed by atoms with van der Waals surface area (Å²) in [6, 6.07) is 5.24. The zero-order chi connectivity index (χ0) is 16.7. The molecular weight excluding hydrogens is 288 g/mol. The number of hydrogen-bond donors (Lipinski definition) is 0. The molecule has 0 bridgehead atoms. The first-order valence-electron chi connectivity index (χ1n) is 6.54. The Labute approximate surface area is 129 Å². The second kappa shape index (κ2) is 8.07. The number of carbonyl (C=O) groups excluding carboxylic acids is 2. The largest absolute Gasteiger partial charge is 0.493 e. The molecule has 0 N–H and O–H groups in total. The minimum atomic E-state index is -0.824. The van der Waals surface area contributed by atoms with Crippen LogP contribution < -0.4 is 9.47 Å². The molecule has 0 heterocycles. The third-order valence-electron chi connectivity index (χ3n) is 3.24. The highest BCUT2D eigenvalue weighted by Gasteiger charge is 2.28. The zero-order valence-electron chi connectivity index (χ0n) is 13.2. The highest BCUT2D eigenvalue weighted by atomic mass is 16.5. The lowest BCUT2D eigenvalue weighted by atomic mass is 9.92. The van der Waals surface area contributed by atoms with Crippen molar-refractivity contribution in [1.82, 2.24) is 0 Å². The second-order valence-electron chi connectivity index (χ2n) is 4.49. The molecule has 0 saturated carbocycles. The molecule has 0 saturated heterocycles. The van der Waals surface area contributed by atoms with E-state index in [0.29, 0.717) is 11.5 Å². The molecule has 1 rings (SSSR count). The van der Waals surface area contributed by atoms with E-state index in [9.17, 15) is 9.59 Å². The van der Waals surface area contributed by atoms with Gasteiger partial charge in [0.25, 0.3) is 0 Å². The first-order valence-corrected chi connectivity index (χ1v) is 6.54. The van der Waals surface area contributed by atoms with Crippen molar-refractivity contribution in [2.75, 3.05) is 28.4 Å². The lowest BCUT2D eigenvalue weighted by Crippen LogP contribution is -2.25. The molecule has 1 aromatic rings. The molecular formula is C16H20O6. The molecule has 0 amide bonds. The van der Waals surface area contributed by atoms with Crippen LogP contribution in [0.25, 0.3) is 0 Å². The molecule has 0 aliphatic heterocycles. The van der Waals surface area contributed by atoms with Crippen molar-refractivity contribution < 1.29 is 28.5 Å². The Morgan fingerprint density at radius 3 is 2.18 bits per heavy atom. The summed E-state index contributed by atoms with van der Waals surface area (Å²) in [5, 5.41) is 0. The molecule has 0 spiro atoms. The average Bonchev–Trinajstić information content (AvgIpc) is 2.57. The minimum absolute atomic E-state index is 0.0455. The molecule has 6 heteroatoms. The number of esters is 2. The van der Waals surface area contributed by atoms with Crippen LogP contribution in [0.2, 0.25) is 0 Å². The van der Waals surface area contributed by atoms with Crippen molar-refractivity contribution >= 4 is 11.9 Å². The summed E-state index contributed by atoms with van der Waals surface area (Å²) < 4.78 is 19.7. The predicted octanol–water partition coefficient (Wildman–Crippen LogP) is 1.76. The number of rotatable bonds is 7. The van der Waals surface area contributed by atoms with Crippen molar-refractivity contribution in [1.29, 1.82) is 0 Å². The zero-order valence-corrected chi connectivity index (χ0v) is 13.2. The molecule has 1 atom stereocenters. The monoisotopic (exact) mass is 308 g/mol. The van der Waals surface area contributed by atoms with Crippen LogP contribution in [0.3, 0.4) is 0 Å². The van der Waals surface area contributed by atoms with E-state index in [1.54, 1.807) is 18.2 Å². The summed E-state index contributed by atoms with van der Waals surface area (Å²) in [4.78, 5) is 23.5. The van der Waals surface area contributed by atoms with Crippen molar-refractivity contribution in [2.45, 2.75) is 6.42 Å². The maximum Gasteiger partial charge on any atom is 0.334 e. The van der Waals surface area contributed by atoms with E-state index >= 15 is 0 Å². The van der Waals surface area contributed by atoms with E-state index in [-0.39, 0.29) is 12.0 Å². The highest BCUT2D eigenvalue weighted by molar-refractivity contribution is 5.95. The quantitative estimate of drug-likeness (QED) is 0.565. The van der Waals surface area contributed by atoms with Gasteiger partial charge >= 0.3 is 11.9 Å². The van der Waals surface area contributed by atoms with Crippen LogP contribution in [0.1, 0.15) is 5.56 Å². The molecule has 1 unspecified atom stereocenters. The Balaban J connectivity index is 3.06. The van der Waals surface area contributed by atoms with Crippen LogP contribution in [-0.4, -0.2) is 40.4 Å². The SMILES string of the molecule is C=C(C(=O)OC)C(Cc1ccc(OC)c(OC)c1)C(=O)OC. The molecule has 0 aliphatic carbocycles. The van der Waals surface area contributed by atoms with Gasteiger partial charge in [-0.1, -0.05) is 12.6 Å². The average molecular weight is 308 g/mol. The Hall–Kier alpha value is -2.50. The summed E-state index contributed by atoms with van der Waals surface area (Å²) in [5.74, 6) is -0.906. The molecule has 120 valence electrons. The van der Waals surface area contributed by atoms with Crippen LogP contribution >= 0.6 is 0 Å². The second-order valence-corrected chi connectivity index (χ2v) is 4.49. The predicted molar refractivity (Wildman–Crippen MR) is 79.9 cm³/mol. The first-order chi connectivity index (χ1) is 10.5. The third-order valence-corrected chi connectivity index (χ3v) is 3.24. The van der Waals surface area contributed by atoms with Crippen molar-refractivity contribution in [3.8, 4) is 11.5 Å². The summed E-state index contributed by atoms with van der Waals surface area (Å²) in [5.41, 5.74) is 0.822. The number of ether oxygens (including phenoxy) is 4. The molecule has 0 aromatic heterocycles. The van der Waals surface area contributed by atoms with Gasteiger partial charge in [0.05, 0.1) is 34.4 Å². The number of hydrogen-bond acceptors (Lipinski definition) is 6. The van der Waals surface area contributed by atoms with E-state index in [4.69, 9.17) is 14.2 Å². The summed E-state index contributed by atoms with van der Waals surface area (Å²) in [6.45, 7) is 3.64. The standard InChI is InChI=1S/C16H20O6/c1-10(15(17)21-4)12(16(18)22-5)8-11-6-7-13(19-2)14(9-11)20-3/h6-7,9,12H,1,8H2,2-5H3. The van der Waals surface area contributed by atoms with Gasteiger partial charge in [-0.3, -0.25) is 4.79 Å². The van der Waals surface area contributed by atoms with Crippen LogP contribution in [0.5, 0.6) is 11.5 Å². The Bertz CT molecular complexity index is 564. The molecule has 0 aliphatic rings. The van der Waals surface area contributed by atoms with E-state index in [0.717, 1.165) is 5.56 Å². The van der Waals surface area contributed by atoms with E-state index in [1.807, 2.05) is 0 Å². The van der Waals surface area contributed by atoms with Gasteiger partial charge in [0.1, 0.15) is 0 Å². The van der Waals surface area contributed by atoms with E-state index in [2.05, 4.69) is 11.3 Å². The van der Waals surface area contributed by atoms with Crippen LogP contribution in [0.4, 0.5) is 0 Å². The van der Waals surface area contributed by atoms with Crippen molar-refractivity contribution in [3.63, 3.8) is 0 Å². The summed E-state index contributed by atoms with van der Waals surface area (Å²) in [7, 11) is 5.55. The topological polar surface area (TPSA) is 71.1 Å². The van der Waals surface area contributed by atoms with Crippen molar-refractivity contribution in [2.24, 2.45) is 5.92 Å². The number of benzene rings is 1. The maximum atomic E-state index is 11.9. The fourth-order valence-electron chi connectivity index (χ4n) is 2.01. The van der Waals surface area contributed by atoms with Gasteiger partial charge in [-0.15, -0.1) is 0 Å². The normalized spacial score (nSPS) is 11.3. The van der Waals surface area contributed by atoms with Gasteiger partial charge in [-0.2, -0.15) is 0 Å². The van der Waals surface area contributed by atoms with Crippen LogP contribution in [-0.2, 0) is 25.5 Å². The number of methoxy groups -OCH3 is 4.